The molecule has 2 aromatic heterocycles. The van der Waals surface area contributed by atoms with Crippen LogP contribution in [0.4, 0.5) is 4.79 Å². The molecule has 5 rings (SSSR count). The second kappa shape index (κ2) is 6.55. The van der Waals surface area contributed by atoms with Crippen molar-refractivity contribution in [2.75, 3.05) is 13.3 Å². The number of aromatic amines is 1. The number of benzene rings is 1. The lowest BCUT2D eigenvalue weighted by molar-refractivity contribution is 0.144. The van der Waals surface area contributed by atoms with E-state index in [-0.39, 0.29) is 12.8 Å². The third-order valence-electron chi connectivity index (χ3n) is 4.85. The standard InChI is InChI=1S/C18H18N6O4/c1-2-19-18(25)24-7-12-11(20-8-21-12)6-13(24)17-22-16(23-28-17)10-3-4-14-15(5-10)27-9-26-14/h3-5,8,13H,2,6-7,9H2,1H3,(H,19,25)(H,20,21)/t13-/m0/s1. The summed E-state index contributed by atoms with van der Waals surface area (Å²) in [5, 5.41) is 6.94. The number of nitrogens with zero attached hydrogens (tertiary/aromatic N) is 4. The number of hydrogen-bond donors (Lipinski definition) is 2. The topological polar surface area (TPSA) is 118 Å². The zero-order valence-electron chi connectivity index (χ0n) is 15.1. The van der Waals surface area contributed by atoms with E-state index in [0.717, 1.165) is 17.0 Å². The lowest BCUT2D eigenvalue weighted by atomic mass is 10.0. The second-order valence-electron chi connectivity index (χ2n) is 6.54. The summed E-state index contributed by atoms with van der Waals surface area (Å²) in [5.41, 5.74) is 2.56. The van der Waals surface area contributed by atoms with Crippen molar-refractivity contribution in [1.29, 1.82) is 0 Å². The van der Waals surface area contributed by atoms with Crippen LogP contribution in [0.2, 0.25) is 0 Å². The summed E-state index contributed by atoms with van der Waals surface area (Å²) >= 11 is 0. The molecule has 0 saturated carbocycles. The van der Waals surface area contributed by atoms with E-state index in [1.165, 1.54) is 0 Å². The zero-order valence-corrected chi connectivity index (χ0v) is 15.1. The summed E-state index contributed by atoms with van der Waals surface area (Å²) in [4.78, 5) is 26.2. The van der Waals surface area contributed by atoms with Crippen molar-refractivity contribution in [3.63, 3.8) is 0 Å². The third kappa shape index (κ3) is 2.73. The van der Waals surface area contributed by atoms with E-state index in [1.54, 1.807) is 11.2 Å². The summed E-state index contributed by atoms with van der Waals surface area (Å²) in [7, 11) is 0. The van der Waals surface area contributed by atoms with Crippen LogP contribution in [0, 0.1) is 0 Å². The van der Waals surface area contributed by atoms with Gasteiger partial charge < -0.3 is 29.2 Å². The molecular formula is C18H18N6O4. The predicted molar refractivity (Wildman–Crippen MR) is 95.5 cm³/mol. The first-order chi connectivity index (χ1) is 13.7. The average Bonchev–Trinajstić information content (AvgIpc) is 3.45. The molecule has 0 saturated heterocycles. The van der Waals surface area contributed by atoms with Gasteiger partial charge in [0, 0.05) is 18.5 Å². The molecule has 0 aliphatic carbocycles. The Kier molecular flexibility index (Phi) is 3.89. The van der Waals surface area contributed by atoms with Crippen LogP contribution in [0.25, 0.3) is 11.4 Å². The lowest BCUT2D eigenvalue weighted by Crippen LogP contribution is -2.44. The Morgan fingerprint density at radius 1 is 1.36 bits per heavy atom. The molecule has 28 heavy (non-hydrogen) atoms. The van der Waals surface area contributed by atoms with Crippen LogP contribution in [0.1, 0.15) is 30.2 Å². The number of H-pyrrole nitrogens is 1. The molecule has 0 fully saturated rings. The van der Waals surface area contributed by atoms with Crippen LogP contribution < -0.4 is 14.8 Å². The highest BCUT2D eigenvalue weighted by atomic mass is 16.7. The zero-order chi connectivity index (χ0) is 19.1. The Labute approximate surface area is 159 Å². The van der Waals surface area contributed by atoms with Crippen LogP contribution in [0.5, 0.6) is 11.5 Å². The molecule has 2 N–H and O–H groups in total. The summed E-state index contributed by atoms with van der Waals surface area (Å²) in [5.74, 6) is 2.13. The van der Waals surface area contributed by atoms with Gasteiger partial charge in [0.25, 0.3) is 0 Å². The highest BCUT2D eigenvalue weighted by Gasteiger charge is 2.36. The van der Waals surface area contributed by atoms with Gasteiger partial charge in [-0.1, -0.05) is 5.16 Å². The predicted octanol–water partition coefficient (Wildman–Crippen LogP) is 2.02. The molecule has 1 aromatic carbocycles. The third-order valence-corrected chi connectivity index (χ3v) is 4.85. The SMILES string of the molecule is CCNC(=O)N1Cc2[nH]cnc2C[C@H]1c1nc(-c2ccc3c(c2)OCO3)no1. The van der Waals surface area contributed by atoms with Gasteiger partial charge in [0.15, 0.2) is 11.5 Å². The van der Waals surface area contributed by atoms with Gasteiger partial charge in [-0.25, -0.2) is 9.78 Å². The van der Waals surface area contributed by atoms with Crippen LogP contribution in [0.15, 0.2) is 29.0 Å². The average molecular weight is 382 g/mol. The van der Waals surface area contributed by atoms with Crippen LogP contribution in [0.3, 0.4) is 0 Å². The molecule has 0 bridgehead atoms. The van der Waals surface area contributed by atoms with Gasteiger partial charge in [0.1, 0.15) is 6.04 Å². The normalized spacial score (nSPS) is 17.5. The molecule has 0 unspecified atom stereocenters. The number of amides is 2. The van der Waals surface area contributed by atoms with Crippen LogP contribution in [-0.4, -0.2) is 44.4 Å². The minimum absolute atomic E-state index is 0.185. The lowest BCUT2D eigenvalue weighted by Gasteiger charge is -2.32. The molecule has 2 aliphatic heterocycles. The van der Waals surface area contributed by atoms with Crippen molar-refractivity contribution in [2.24, 2.45) is 0 Å². The minimum Gasteiger partial charge on any atom is -0.454 e. The number of imidazole rings is 1. The first kappa shape index (κ1) is 16.6. The molecule has 0 spiro atoms. The van der Waals surface area contributed by atoms with Crippen molar-refractivity contribution in [2.45, 2.75) is 25.9 Å². The Bertz CT molecular complexity index is 1030. The molecule has 10 nitrogen and oxygen atoms in total. The molecule has 10 heteroatoms. The van der Waals surface area contributed by atoms with Crippen molar-refractivity contribution < 1.29 is 18.8 Å². The summed E-state index contributed by atoms with van der Waals surface area (Å²) in [6, 6.07) is 4.89. The van der Waals surface area contributed by atoms with E-state index >= 15 is 0 Å². The quantitative estimate of drug-likeness (QED) is 0.711. The first-order valence-electron chi connectivity index (χ1n) is 9.02. The maximum atomic E-state index is 12.6. The summed E-state index contributed by atoms with van der Waals surface area (Å²) in [6.45, 7) is 3.01. The van der Waals surface area contributed by atoms with Crippen molar-refractivity contribution in [1.82, 2.24) is 30.3 Å². The fourth-order valence-electron chi connectivity index (χ4n) is 3.45. The van der Waals surface area contributed by atoms with Crippen LogP contribution >= 0.6 is 0 Å². The largest absolute Gasteiger partial charge is 0.454 e. The maximum absolute atomic E-state index is 12.6. The maximum Gasteiger partial charge on any atom is 0.318 e. The molecule has 2 amide bonds. The van der Waals surface area contributed by atoms with Gasteiger partial charge >= 0.3 is 6.03 Å². The van der Waals surface area contributed by atoms with Gasteiger partial charge in [0.05, 0.1) is 24.3 Å². The Morgan fingerprint density at radius 2 is 2.25 bits per heavy atom. The molecule has 144 valence electrons. The van der Waals surface area contributed by atoms with E-state index < -0.39 is 6.04 Å². The first-order valence-corrected chi connectivity index (χ1v) is 9.02. The number of fused-ring (bicyclic) bond motifs is 2. The number of ether oxygens (including phenoxy) is 2. The molecule has 2 aliphatic rings. The van der Waals surface area contributed by atoms with Gasteiger partial charge in [0.2, 0.25) is 18.5 Å². The van der Waals surface area contributed by atoms with Gasteiger partial charge in [-0.05, 0) is 25.1 Å². The fraction of sp³-hybridized carbons (Fsp3) is 0.333. The fourth-order valence-corrected chi connectivity index (χ4v) is 3.45. The van der Waals surface area contributed by atoms with Crippen molar-refractivity contribution in [3.05, 3.63) is 41.8 Å². The molecular weight excluding hydrogens is 364 g/mol. The highest BCUT2D eigenvalue weighted by molar-refractivity contribution is 5.75. The molecule has 4 heterocycles. The molecule has 1 atom stereocenters. The minimum atomic E-state index is -0.391. The van der Waals surface area contributed by atoms with E-state index in [1.807, 2.05) is 25.1 Å². The summed E-state index contributed by atoms with van der Waals surface area (Å²) in [6.07, 6.45) is 2.13. The highest BCUT2D eigenvalue weighted by Crippen LogP contribution is 2.36. The number of carbonyl (C=O) groups is 1. The number of hydrogen-bond acceptors (Lipinski definition) is 7. The molecule has 0 radical (unpaired) electrons. The van der Waals surface area contributed by atoms with Crippen molar-refractivity contribution >= 4 is 6.03 Å². The van der Waals surface area contributed by atoms with Gasteiger partial charge in [-0.15, -0.1) is 0 Å². The smallest absolute Gasteiger partial charge is 0.318 e. The van der Waals surface area contributed by atoms with E-state index in [4.69, 9.17) is 14.0 Å². The number of carbonyl (C=O) groups excluding carboxylic acids is 1. The number of nitrogens with one attached hydrogen (secondary N) is 2. The number of urea groups is 1. The van der Waals surface area contributed by atoms with E-state index in [0.29, 0.717) is 42.7 Å². The Balaban J connectivity index is 1.47. The Hall–Kier alpha value is -3.56. The van der Waals surface area contributed by atoms with Gasteiger partial charge in [-0.3, -0.25) is 0 Å². The molecule has 3 aromatic rings. The van der Waals surface area contributed by atoms with Gasteiger partial charge in [-0.2, -0.15) is 4.98 Å². The van der Waals surface area contributed by atoms with E-state index in [9.17, 15) is 4.79 Å². The van der Waals surface area contributed by atoms with E-state index in [2.05, 4.69) is 25.4 Å². The van der Waals surface area contributed by atoms with Crippen LogP contribution in [-0.2, 0) is 13.0 Å². The Morgan fingerprint density at radius 3 is 3.14 bits per heavy atom. The number of aromatic nitrogens is 4. The monoisotopic (exact) mass is 382 g/mol. The summed E-state index contributed by atoms with van der Waals surface area (Å²) < 4.78 is 16.3. The number of rotatable bonds is 3. The van der Waals surface area contributed by atoms with Crippen molar-refractivity contribution in [3.8, 4) is 22.9 Å². The second-order valence-corrected chi connectivity index (χ2v) is 6.54.